The van der Waals surface area contributed by atoms with Crippen LogP contribution in [0.5, 0.6) is 5.88 Å². The van der Waals surface area contributed by atoms with Gasteiger partial charge in [-0.2, -0.15) is 4.98 Å². The average molecular weight is 318 g/mol. The predicted molar refractivity (Wildman–Crippen MR) is 85.6 cm³/mol. The van der Waals surface area contributed by atoms with Crippen LogP contribution in [0.15, 0.2) is 24.3 Å². The number of halogens is 1. The standard InChI is InChI=1S/C10H10FNO.C6H9N3O/c11-8-3-1-2-7(9(8)12)10(13)6-4-5-6;1-4-3-5(10-2)9-6(7)8-4/h1-3,6H,4-5,12H2;3H,1-2H3,(H2,7,8,9). The zero-order chi connectivity index (χ0) is 17.0. The summed E-state index contributed by atoms with van der Waals surface area (Å²) >= 11 is 0. The topological polar surface area (TPSA) is 104 Å². The molecule has 0 amide bonds. The third-order valence-corrected chi connectivity index (χ3v) is 3.32. The maximum atomic E-state index is 12.9. The number of nitrogens with two attached hydrogens (primary N) is 2. The van der Waals surface area contributed by atoms with Crippen molar-refractivity contribution in [2.45, 2.75) is 19.8 Å². The van der Waals surface area contributed by atoms with E-state index in [0.29, 0.717) is 11.4 Å². The summed E-state index contributed by atoms with van der Waals surface area (Å²) in [6.07, 6.45) is 1.82. The molecule has 4 N–H and O–H groups in total. The van der Waals surface area contributed by atoms with E-state index in [4.69, 9.17) is 16.2 Å². The molecule has 1 saturated carbocycles. The fraction of sp³-hybridized carbons (Fsp3) is 0.312. The number of rotatable bonds is 3. The van der Waals surface area contributed by atoms with Gasteiger partial charge >= 0.3 is 0 Å². The number of benzene rings is 1. The maximum absolute atomic E-state index is 12.9. The summed E-state index contributed by atoms with van der Waals surface area (Å²) < 4.78 is 17.8. The molecule has 1 aliphatic carbocycles. The largest absolute Gasteiger partial charge is 0.481 e. The summed E-state index contributed by atoms with van der Waals surface area (Å²) in [5.41, 5.74) is 11.9. The van der Waals surface area contributed by atoms with Crippen LogP contribution in [0.3, 0.4) is 0 Å². The van der Waals surface area contributed by atoms with Crippen LogP contribution in [-0.4, -0.2) is 22.9 Å². The van der Waals surface area contributed by atoms with E-state index in [1.807, 2.05) is 6.92 Å². The second-order valence-electron chi connectivity index (χ2n) is 5.25. The lowest BCUT2D eigenvalue weighted by molar-refractivity contribution is 0.0968. The number of aryl methyl sites for hydroxylation is 1. The van der Waals surface area contributed by atoms with Gasteiger partial charge in [-0.1, -0.05) is 6.07 Å². The lowest BCUT2D eigenvalue weighted by Crippen LogP contribution is -2.06. The summed E-state index contributed by atoms with van der Waals surface area (Å²) in [4.78, 5) is 19.2. The van der Waals surface area contributed by atoms with E-state index in [1.54, 1.807) is 19.2 Å². The highest BCUT2D eigenvalue weighted by molar-refractivity contribution is 6.03. The molecule has 0 aliphatic heterocycles. The lowest BCUT2D eigenvalue weighted by Gasteiger charge is -2.03. The highest BCUT2D eigenvalue weighted by atomic mass is 19.1. The Hall–Kier alpha value is -2.70. The molecule has 1 aromatic heterocycles. The number of methoxy groups -OCH3 is 1. The van der Waals surface area contributed by atoms with Crippen molar-refractivity contribution < 1.29 is 13.9 Å². The summed E-state index contributed by atoms with van der Waals surface area (Å²) in [5, 5.41) is 0. The summed E-state index contributed by atoms with van der Waals surface area (Å²) in [7, 11) is 1.54. The first-order valence-electron chi connectivity index (χ1n) is 7.15. The minimum absolute atomic E-state index is 0.0144. The van der Waals surface area contributed by atoms with Crippen LogP contribution >= 0.6 is 0 Å². The summed E-state index contributed by atoms with van der Waals surface area (Å²) in [6.45, 7) is 1.83. The Labute approximate surface area is 133 Å². The first-order valence-corrected chi connectivity index (χ1v) is 7.15. The van der Waals surface area contributed by atoms with E-state index >= 15 is 0 Å². The van der Waals surface area contributed by atoms with Crippen LogP contribution in [0, 0.1) is 18.7 Å². The lowest BCUT2D eigenvalue weighted by atomic mass is 10.1. The Morgan fingerprint density at radius 2 is 2.00 bits per heavy atom. The number of anilines is 2. The van der Waals surface area contributed by atoms with Gasteiger partial charge in [-0.15, -0.1) is 0 Å². The van der Waals surface area contributed by atoms with Gasteiger partial charge in [0.1, 0.15) is 5.82 Å². The first kappa shape index (κ1) is 16.7. The van der Waals surface area contributed by atoms with Crippen molar-refractivity contribution in [2.24, 2.45) is 5.92 Å². The molecule has 0 bridgehead atoms. The fourth-order valence-corrected chi connectivity index (χ4v) is 1.98. The fourth-order valence-electron chi connectivity index (χ4n) is 1.98. The number of para-hydroxylation sites is 1. The van der Waals surface area contributed by atoms with E-state index in [9.17, 15) is 9.18 Å². The van der Waals surface area contributed by atoms with E-state index in [0.717, 1.165) is 18.5 Å². The van der Waals surface area contributed by atoms with E-state index in [1.165, 1.54) is 12.1 Å². The molecular formula is C16H19FN4O2. The van der Waals surface area contributed by atoms with Gasteiger partial charge in [0, 0.05) is 23.2 Å². The number of aromatic nitrogens is 2. The van der Waals surface area contributed by atoms with Gasteiger partial charge in [0.05, 0.1) is 12.8 Å². The SMILES string of the molecule is COc1cc(C)nc(N)n1.Nc1c(F)cccc1C(=O)C1CC1. The molecule has 122 valence electrons. The zero-order valence-electron chi connectivity index (χ0n) is 13.0. The highest BCUT2D eigenvalue weighted by Crippen LogP contribution is 2.34. The quantitative estimate of drug-likeness (QED) is 0.665. The third kappa shape index (κ3) is 4.38. The van der Waals surface area contributed by atoms with Crippen molar-refractivity contribution in [1.82, 2.24) is 9.97 Å². The van der Waals surface area contributed by atoms with Gasteiger partial charge in [0.15, 0.2) is 5.78 Å². The van der Waals surface area contributed by atoms with Gasteiger partial charge in [-0.25, -0.2) is 9.37 Å². The van der Waals surface area contributed by atoms with Crippen molar-refractivity contribution >= 4 is 17.4 Å². The summed E-state index contributed by atoms with van der Waals surface area (Å²) in [6, 6.07) is 6.08. The molecule has 0 saturated heterocycles. The Morgan fingerprint density at radius 3 is 2.57 bits per heavy atom. The molecule has 0 radical (unpaired) electrons. The van der Waals surface area contributed by atoms with Crippen LogP contribution < -0.4 is 16.2 Å². The van der Waals surface area contributed by atoms with Gasteiger partial charge in [-0.05, 0) is 31.9 Å². The van der Waals surface area contributed by atoms with Crippen molar-refractivity contribution in [3.8, 4) is 5.88 Å². The van der Waals surface area contributed by atoms with Gasteiger partial charge in [-0.3, -0.25) is 4.79 Å². The second kappa shape index (κ2) is 7.04. The van der Waals surface area contributed by atoms with Crippen molar-refractivity contribution in [3.05, 3.63) is 41.3 Å². The zero-order valence-corrected chi connectivity index (χ0v) is 13.0. The van der Waals surface area contributed by atoms with Gasteiger partial charge < -0.3 is 16.2 Å². The average Bonchev–Trinajstić information content (AvgIpc) is 3.34. The highest BCUT2D eigenvalue weighted by Gasteiger charge is 2.31. The molecule has 7 heteroatoms. The molecule has 1 aromatic carbocycles. The number of hydrogen-bond donors (Lipinski definition) is 2. The van der Waals surface area contributed by atoms with Crippen molar-refractivity contribution in [3.63, 3.8) is 0 Å². The second-order valence-corrected chi connectivity index (χ2v) is 5.25. The number of carbonyl (C=O) groups is 1. The number of ether oxygens (including phenoxy) is 1. The minimum Gasteiger partial charge on any atom is -0.481 e. The van der Waals surface area contributed by atoms with E-state index in [2.05, 4.69) is 9.97 Å². The number of ketones is 1. The molecule has 6 nitrogen and oxygen atoms in total. The first-order chi connectivity index (χ1) is 10.9. The molecule has 23 heavy (non-hydrogen) atoms. The molecule has 1 fully saturated rings. The number of hydrogen-bond acceptors (Lipinski definition) is 6. The van der Waals surface area contributed by atoms with Crippen LogP contribution in [0.25, 0.3) is 0 Å². The molecular weight excluding hydrogens is 299 g/mol. The van der Waals surface area contributed by atoms with Gasteiger partial charge in [0.2, 0.25) is 11.8 Å². The Morgan fingerprint density at radius 1 is 1.30 bits per heavy atom. The van der Waals surface area contributed by atoms with Crippen molar-refractivity contribution in [2.75, 3.05) is 18.6 Å². The monoisotopic (exact) mass is 318 g/mol. The number of nitrogens with zero attached hydrogens (tertiary/aromatic N) is 2. The Kier molecular flexibility index (Phi) is 5.10. The minimum atomic E-state index is -0.508. The normalized spacial score (nSPS) is 13.0. The Balaban J connectivity index is 0.000000174. The molecule has 1 aliphatic rings. The van der Waals surface area contributed by atoms with E-state index < -0.39 is 5.82 Å². The summed E-state index contributed by atoms with van der Waals surface area (Å²) in [5.74, 6) is 0.314. The van der Waals surface area contributed by atoms with Gasteiger partial charge in [0.25, 0.3) is 0 Å². The molecule has 0 atom stereocenters. The molecule has 3 rings (SSSR count). The van der Waals surface area contributed by atoms with E-state index in [-0.39, 0.29) is 23.3 Å². The molecule has 2 aromatic rings. The number of nitrogen functional groups attached to an aromatic ring is 2. The maximum Gasteiger partial charge on any atom is 0.223 e. The van der Waals surface area contributed by atoms with Crippen LogP contribution in [0.1, 0.15) is 28.9 Å². The molecule has 0 spiro atoms. The molecule has 0 unspecified atom stereocenters. The number of Topliss-reactive ketones (excluding diaryl/α,β-unsaturated/α-hetero) is 1. The molecule has 1 heterocycles. The van der Waals surface area contributed by atoms with Crippen LogP contribution in [0.2, 0.25) is 0 Å². The van der Waals surface area contributed by atoms with Crippen LogP contribution in [-0.2, 0) is 0 Å². The van der Waals surface area contributed by atoms with Crippen molar-refractivity contribution in [1.29, 1.82) is 0 Å². The predicted octanol–water partition coefficient (Wildman–Crippen LogP) is 2.38. The van der Waals surface area contributed by atoms with Crippen LogP contribution in [0.4, 0.5) is 16.0 Å². The smallest absolute Gasteiger partial charge is 0.223 e. The Bertz CT molecular complexity index is 697. The number of carbonyl (C=O) groups excluding carboxylic acids is 1. The third-order valence-electron chi connectivity index (χ3n) is 3.32.